The van der Waals surface area contributed by atoms with Gasteiger partial charge in [-0.2, -0.15) is 0 Å². The number of aromatic nitrogens is 1. The molecule has 0 saturated heterocycles. The first kappa shape index (κ1) is 12.4. The van der Waals surface area contributed by atoms with Crippen LogP contribution < -0.4 is 10.5 Å². The van der Waals surface area contributed by atoms with Crippen LogP contribution in [-0.4, -0.2) is 4.98 Å². The van der Waals surface area contributed by atoms with E-state index in [-0.39, 0.29) is 0 Å². The van der Waals surface area contributed by atoms with Crippen LogP contribution in [0.1, 0.15) is 22.3 Å². The number of benzene rings is 1. The summed E-state index contributed by atoms with van der Waals surface area (Å²) in [7, 11) is 0. The molecule has 0 unspecified atom stereocenters. The van der Waals surface area contributed by atoms with Crippen LogP contribution in [0.4, 0.5) is 5.82 Å². The first-order valence-electron chi connectivity index (χ1n) is 5.97. The summed E-state index contributed by atoms with van der Waals surface area (Å²) in [4.78, 5) is 3.96. The molecule has 0 aliphatic heterocycles. The van der Waals surface area contributed by atoms with Gasteiger partial charge in [0.25, 0.3) is 0 Å². The summed E-state index contributed by atoms with van der Waals surface area (Å²) >= 11 is 0. The molecule has 3 heteroatoms. The Morgan fingerprint density at radius 2 is 1.94 bits per heavy atom. The molecule has 0 saturated carbocycles. The molecule has 0 atom stereocenters. The Hall–Kier alpha value is -2.03. The lowest BCUT2D eigenvalue weighted by molar-refractivity contribution is 0.303. The van der Waals surface area contributed by atoms with E-state index in [1.54, 1.807) is 6.20 Å². The van der Waals surface area contributed by atoms with E-state index in [0.29, 0.717) is 12.4 Å². The Morgan fingerprint density at radius 1 is 1.17 bits per heavy atom. The Kier molecular flexibility index (Phi) is 3.51. The fraction of sp³-hybridized carbons (Fsp3) is 0.267. The van der Waals surface area contributed by atoms with Crippen LogP contribution in [0.25, 0.3) is 0 Å². The summed E-state index contributed by atoms with van der Waals surface area (Å²) < 4.78 is 5.86. The Balaban J connectivity index is 2.15. The largest absolute Gasteiger partial charge is 0.489 e. The van der Waals surface area contributed by atoms with E-state index < -0.39 is 0 Å². The fourth-order valence-electron chi connectivity index (χ4n) is 1.90. The van der Waals surface area contributed by atoms with Crippen LogP contribution in [0.15, 0.2) is 30.5 Å². The molecule has 1 heterocycles. The minimum Gasteiger partial charge on any atom is -0.489 e. The first-order chi connectivity index (χ1) is 8.56. The summed E-state index contributed by atoms with van der Waals surface area (Å²) in [6, 6.07) is 7.96. The van der Waals surface area contributed by atoms with Crippen molar-refractivity contribution in [1.29, 1.82) is 0 Å². The third kappa shape index (κ3) is 2.80. The minimum absolute atomic E-state index is 0.510. The normalized spacial score (nSPS) is 10.4. The highest BCUT2D eigenvalue weighted by molar-refractivity contribution is 5.42. The van der Waals surface area contributed by atoms with Crippen LogP contribution in [0.5, 0.6) is 5.75 Å². The minimum atomic E-state index is 0.510. The predicted molar refractivity (Wildman–Crippen MR) is 73.6 cm³/mol. The smallest absolute Gasteiger partial charge is 0.123 e. The molecule has 0 amide bonds. The standard InChI is InChI=1S/C15H18N2O/c1-10-6-11(2)12(3)14(7-10)18-9-13-4-5-17-15(16)8-13/h4-8H,9H2,1-3H3,(H2,16,17). The Labute approximate surface area is 108 Å². The number of ether oxygens (including phenoxy) is 1. The van der Waals surface area contributed by atoms with Crippen molar-refractivity contribution in [2.45, 2.75) is 27.4 Å². The quantitative estimate of drug-likeness (QED) is 0.899. The van der Waals surface area contributed by atoms with Gasteiger partial charge in [-0.25, -0.2) is 4.98 Å². The molecule has 94 valence electrons. The average molecular weight is 242 g/mol. The topological polar surface area (TPSA) is 48.1 Å². The van der Waals surface area contributed by atoms with Crippen molar-refractivity contribution in [3.8, 4) is 5.75 Å². The van der Waals surface area contributed by atoms with Crippen LogP contribution >= 0.6 is 0 Å². The van der Waals surface area contributed by atoms with Gasteiger partial charge in [-0.3, -0.25) is 0 Å². The Bertz CT molecular complexity index is 564. The zero-order chi connectivity index (χ0) is 13.1. The number of nitrogens with zero attached hydrogens (tertiary/aromatic N) is 1. The highest BCUT2D eigenvalue weighted by Gasteiger charge is 2.04. The average Bonchev–Trinajstić information content (AvgIpc) is 2.32. The summed E-state index contributed by atoms with van der Waals surface area (Å²) in [5.74, 6) is 1.45. The number of nitrogens with two attached hydrogens (primary N) is 1. The molecular weight excluding hydrogens is 224 g/mol. The van der Waals surface area contributed by atoms with Gasteiger partial charge < -0.3 is 10.5 Å². The maximum atomic E-state index is 5.86. The van der Waals surface area contributed by atoms with Crippen molar-refractivity contribution in [2.24, 2.45) is 0 Å². The third-order valence-corrected chi connectivity index (χ3v) is 3.00. The van der Waals surface area contributed by atoms with E-state index in [0.717, 1.165) is 11.3 Å². The molecule has 0 fully saturated rings. The third-order valence-electron chi connectivity index (χ3n) is 3.00. The molecular formula is C15H18N2O. The van der Waals surface area contributed by atoms with E-state index in [1.165, 1.54) is 16.7 Å². The fourth-order valence-corrected chi connectivity index (χ4v) is 1.90. The zero-order valence-electron chi connectivity index (χ0n) is 11.0. The highest BCUT2D eigenvalue weighted by atomic mass is 16.5. The lowest BCUT2D eigenvalue weighted by Crippen LogP contribution is -2.00. The van der Waals surface area contributed by atoms with E-state index >= 15 is 0 Å². The Morgan fingerprint density at radius 3 is 2.67 bits per heavy atom. The van der Waals surface area contributed by atoms with E-state index in [9.17, 15) is 0 Å². The number of hydrogen-bond donors (Lipinski definition) is 1. The molecule has 0 aliphatic carbocycles. The van der Waals surface area contributed by atoms with E-state index in [4.69, 9.17) is 10.5 Å². The summed E-state index contributed by atoms with van der Waals surface area (Å²) in [6.45, 7) is 6.75. The van der Waals surface area contributed by atoms with Crippen LogP contribution in [0.3, 0.4) is 0 Å². The maximum Gasteiger partial charge on any atom is 0.123 e. The van der Waals surface area contributed by atoms with Crippen LogP contribution in [0, 0.1) is 20.8 Å². The van der Waals surface area contributed by atoms with Gasteiger partial charge in [0.15, 0.2) is 0 Å². The SMILES string of the molecule is Cc1cc(C)c(C)c(OCc2ccnc(N)c2)c1. The van der Waals surface area contributed by atoms with Crippen molar-refractivity contribution >= 4 is 5.82 Å². The number of aryl methyl sites for hydroxylation is 2. The molecule has 18 heavy (non-hydrogen) atoms. The van der Waals surface area contributed by atoms with Gasteiger partial charge in [-0.15, -0.1) is 0 Å². The lowest BCUT2D eigenvalue weighted by atomic mass is 10.1. The number of hydrogen-bond acceptors (Lipinski definition) is 3. The van der Waals surface area contributed by atoms with Gasteiger partial charge in [0, 0.05) is 6.20 Å². The molecule has 3 nitrogen and oxygen atoms in total. The second kappa shape index (κ2) is 5.08. The number of anilines is 1. The zero-order valence-corrected chi connectivity index (χ0v) is 11.0. The van der Waals surface area contributed by atoms with E-state index in [2.05, 4.69) is 37.9 Å². The molecule has 2 rings (SSSR count). The molecule has 0 bridgehead atoms. The summed E-state index contributed by atoms with van der Waals surface area (Å²) in [6.07, 6.45) is 1.70. The van der Waals surface area contributed by atoms with Crippen LogP contribution in [-0.2, 0) is 6.61 Å². The van der Waals surface area contributed by atoms with Crippen molar-refractivity contribution < 1.29 is 4.74 Å². The molecule has 1 aromatic heterocycles. The number of rotatable bonds is 3. The van der Waals surface area contributed by atoms with Gasteiger partial charge in [0.2, 0.25) is 0 Å². The van der Waals surface area contributed by atoms with Gasteiger partial charge in [-0.05, 0) is 61.2 Å². The lowest BCUT2D eigenvalue weighted by Gasteiger charge is -2.12. The first-order valence-corrected chi connectivity index (χ1v) is 5.97. The summed E-state index contributed by atoms with van der Waals surface area (Å²) in [5, 5.41) is 0. The molecule has 2 N–H and O–H groups in total. The monoisotopic (exact) mass is 242 g/mol. The molecule has 0 radical (unpaired) electrons. The number of pyridine rings is 1. The van der Waals surface area contributed by atoms with Crippen LogP contribution in [0.2, 0.25) is 0 Å². The maximum absolute atomic E-state index is 5.86. The second-order valence-electron chi connectivity index (χ2n) is 4.58. The molecule has 1 aromatic carbocycles. The second-order valence-corrected chi connectivity index (χ2v) is 4.58. The number of nitrogen functional groups attached to an aromatic ring is 1. The highest BCUT2D eigenvalue weighted by Crippen LogP contribution is 2.24. The summed E-state index contributed by atoms with van der Waals surface area (Å²) in [5.41, 5.74) is 10.3. The van der Waals surface area contributed by atoms with Gasteiger partial charge in [0.1, 0.15) is 18.2 Å². The van der Waals surface area contributed by atoms with Crippen molar-refractivity contribution in [2.75, 3.05) is 5.73 Å². The van der Waals surface area contributed by atoms with Gasteiger partial charge in [-0.1, -0.05) is 6.07 Å². The van der Waals surface area contributed by atoms with Crippen molar-refractivity contribution in [1.82, 2.24) is 4.98 Å². The molecule has 0 spiro atoms. The van der Waals surface area contributed by atoms with Crippen molar-refractivity contribution in [3.05, 3.63) is 52.7 Å². The van der Waals surface area contributed by atoms with Gasteiger partial charge in [0.05, 0.1) is 0 Å². The molecule has 2 aromatic rings. The van der Waals surface area contributed by atoms with Crippen molar-refractivity contribution in [3.63, 3.8) is 0 Å². The van der Waals surface area contributed by atoms with Gasteiger partial charge >= 0.3 is 0 Å². The van der Waals surface area contributed by atoms with E-state index in [1.807, 2.05) is 12.1 Å². The predicted octanol–water partition coefficient (Wildman–Crippen LogP) is 3.17. The molecule has 0 aliphatic rings.